The van der Waals surface area contributed by atoms with Crippen molar-refractivity contribution in [2.45, 2.75) is 51.6 Å². The van der Waals surface area contributed by atoms with Crippen LogP contribution in [0, 0.1) is 0 Å². The molecule has 96 valence electrons. The summed E-state index contributed by atoms with van der Waals surface area (Å²) in [6.07, 6.45) is 6.48. The van der Waals surface area contributed by atoms with E-state index in [1.807, 2.05) is 0 Å². The van der Waals surface area contributed by atoms with Gasteiger partial charge in [-0.3, -0.25) is 0 Å². The molecular weight excluding hydrogens is 232 g/mol. The van der Waals surface area contributed by atoms with Gasteiger partial charge >= 0.3 is 0 Å². The summed E-state index contributed by atoms with van der Waals surface area (Å²) in [6, 6.07) is 0. The van der Waals surface area contributed by atoms with Crippen molar-refractivity contribution >= 4 is 16.5 Å². The highest BCUT2D eigenvalue weighted by Gasteiger charge is 2.23. The molecule has 0 saturated carbocycles. The summed E-state index contributed by atoms with van der Waals surface area (Å²) in [5, 5.41) is 11.0. The number of rotatable bonds is 5. The van der Waals surface area contributed by atoms with Crippen molar-refractivity contribution in [1.82, 2.24) is 4.98 Å². The van der Waals surface area contributed by atoms with Crippen molar-refractivity contribution in [3.8, 4) is 0 Å². The number of unbranched alkanes of at least 4 members (excludes halogenated alkanes) is 2. The molecule has 0 fully saturated rings. The number of hydrogen-bond acceptors (Lipinski definition) is 4. The van der Waals surface area contributed by atoms with Gasteiger partial charge in [0.2, 0.25) is 0 Å². The standard InChI is InChI=1S/C13H22N2OS/c1-3-4-5-9-15(2)13-14-12-10(16)7-6-8-11(12)17-13/h10,16H,3-9H2,1-2H3. The molecule has 1 atom stereocenters. The van der Waals surface area contributed by atoms with E-state index in [0.717, 1.165) is 36.6 Å². The fraction of sp³-hybridized carbons (Fsp3) is 0.769. The zero-order chi connectivity index (χ0) is 12.3. The van der Waals surface area contributed by atoms with E-state index in [9.17, 15) is 5.11 Å². The zero-order valence-electron chi connectivity index (χ0n) is 10.8. The molecule has 2 rings (SSSR count). The van der Waals surface area contributed by atoms with Gasteiger partial charge in [0, 0.05) is 18.5 Å². The first kappa shape index (κ1) is 12.8. The van der Waals surface area contributed by atoms with Gasteiger partial charge in [0.05, 0.1) is 11.8 Å². The largest absolute Gasteiger partial charge is 0.387 e. The summed E-state index contributed by atoms with van der Waals surface area (Å²) < 4.78 is 0. The fourth-order valence-electron chi connectivity index (χ4n) is 2.24. The molecule has 0 aromatic carbocycles. The van der Waals surface area contributed by atoms with Gasteiger partial charge < -0.3 is 10.0 Å². The average Bonchev–Trinajstić information content (AvgIpc) is 2.75. The number of fused-ring (bicyclic) bond motifs is 1. The van der Waals surface area contributed by atoms with Crippen molar-refractivity contribution in [3.63, 3.8) is 0 Å². The molecule has 0 bridgehead atoms. The van der Waals surface area contributed by atoms with Gasteiger partial charge in [-0.1, -0.05) is 19.8 Å². The molecule has 1 aliphatic rings. The fourth-order valence-corrected chi connectivity index (χ4v) is 3.38. The third-order valence-corrected chi connectivity index (χ3v) is 4.58. The maximum atomic E-state index is 9.90. The molecule has 1 N–H and O–H groups in total. The molecule has 0 spiro atoms. The second-order valence-electron chi connectivity index (χ2n) is 4.84. The molecule has 0 radical (unpaired) electrons. The topological polar surface area (TPSA) is 36.4 Å². The summed E-state index contributed by atoms with van der Waals surface area (Å²) in [4.78, 5) is 8.13. The lowest BCUT2D eigenvalue weighted by Crippen LogP contribution is -2.18. The van der Waals surface area contributed by atoms with E-state index < -0.39 is 0 Å². The number of nitrogens with zero attached hydrogens (tertiary/aromatic N) is 2. The van der Waals surface area contributed by atoms with E-state index in [2.05, 4.69) is 23.9 Å². The Labute approximate surface area is 107 Å². The van der Waals surface area contributed by atoms with Gasteiger partial charge in [-0.25, -0.2) is 4.98 Å². The van der Waals surface area contributed by atoms with Gasteiger partial charge in [0.25, 0.3) is 0 Å². The van der Waals surface area contributed by atoms with Gasteiger partial charge in [0.1, 0.15) is 0 Å². The van der Waals surface area contributed by atoms with E-state index in [1.165, 1.54) is 24.1 Å². The second-order valence-corrected chi connectivity index (χ2v) is 5.90. The van der Waals surface area contributed by atoms with Crippen molar-refractivity contribution < 1.29 is 5.11 Å². The third kappa shape index (κ3) is 2.99. The Morgan fingerprint density at radius 1 is 1.47 bits per heavy atom. The summed E-state index contributed by atoms with van der Waals surface area (Å²) >= 11 is 1.76. The van der Waals surface area contributed by atoms with Crippen LogP contribution in [-0.4, -0.2) is 23.7 Å². The van der Waals surface area contributed by atoms with E-state index in [-0.39, 0.29) is 6.10 Å². The Morgan fingerprint density at radius 2 is 2.29 bits per heavy atom. The number of thiazole rings is 1. The average molecular weight is 254 g/mol. The van der Waals surface area contributed by atoms with Crippen molar-refractivity contribution in [1.29, 1.82) is 0 Å². The SMILES string of the molecule is CCCCCN(C)c1nc2c(s1)CCCC2O. The van der Waals surface area contributed by atoms with E-state index in [1.54, 1.807) is 11.3 Å². The lowest BCUT2D eigenvalue weighted by atomic mass is 10.0. The smallest absolute Gasteiger partial charge is 0.185 e. The first-order valence-electron chi connectivity index (χ1n) is 6.61. The van der Waals surface area contributed by atoms with Crippen LogP contribution >= 0.6 is 11.3 Å². The van der Waals surface area contributed by atoms with E-state index >= 15 is 0 Å². The number of aliphatic hydroxyl groups is 1. The van der Waals surface area contributed by atoms with Gasteiger partial charge in [-0.05, 0) is 25.7 Å². The van der Waals surface area contributed by atoms with Crippen LogP contribution in [0.2, 0.25) is 0 Å². The minimum Gasteiger partial charge on any atom is -0.387 e. The third-order valence-electron chi connectivity index (χ3n) is 3.34. The number of aromatic nitrogens is 1. The van der Waals surface area contributed by atoms with Crippen molar-refractivity contribution in [2.24, 2.45) is 0 Å². The normalized spacial score (nSPS) is 19.1. The number of hydrogen-bond donors (Lipinski definition) is 1. The van der Waals surface area contributed by atoms with Gasteiger partial charge in [-0.15, -0.1) is 11.3 Å². The second kappa shape index (κ2) is 5.83. The van der Waals surface area contributed by atoms with E-state index in [0.29, 0.717) is 0 Å². The highest BCUT2D eigenvalue weighted by Crippen LogP contribution is 2.36. The Hall–Kier alpha value is -0.610. The lowest BCUT2D eigenvalue weighted by Gasteiger charge is -2.15. The lowest BCUT2D eigenvalue weighted by molar-refractivity contribution is 0.153. The molecule has 1 unspecified atom stereocenters. The van der Waals surface area contributed by atoms with Crippen LogP contribution < -0.4 is 4.90 Å². The Kier molecular flexibility index (Phi) is 4.40. The molecular formula is C13H22N2OS. The molecule has 0 aliphatic heterocycles. The van der Waals surface area contributed by atoms with Crippen LogP contribution in [0.1, 0.15) is 55.7 Å². The molecule has 1 aromatic rings. The Morgan fingerprint density at radius 3 is 3.00 bits per heavy atom. The number of aliphatic hydroxyl groups excluding tert-OH is 1. The van der Waals surface area contributed by atoms with Crippen LogP contribution in [-0.2, 0) is 6.42 Å². The van der Waals surface area contributed by atoms with Gasteiger partial charge in [0.15, 0.2) is 5.13 Å². The highest BCUT2D eigenvalue weighted by molar-refractivity contribution is 7.15. The minimum absolute atomic E-state index is 0.326. The highest BCUT2D eigenvalue weighted by atomic mass is 32.1. The molecule has 3 nitrogen and oxygen atoms in total. The maximum absolute atomic E-state index is 9.90. The molecule has 1 heterocycles. The molecule has 4 heteroatoms. The summed E-state index contributed by atoms with van der Waals surface area (Å²) in [6.45, 7) is 3.29. The van der Waals surface area contributed by atoms with Gasteiger partial charge in [-0.2, -0.15) is 0 Å². The summed E-state index contributed by atoms with van der Waals surface area (Å²) in [5.41, 5.74) is 0.943. The Bertz CT molecular complexity index is 364. The van der Waals surface area contributed by atoms with Crippen LogP contribution in [0.5, 0.6) is 0 Å². The number of aryl methyl sites for hydroxylation is 1. The van der Waals surface area contributed by atoms with Crippen molar-refractivity contribution in [2.75, 3.05) is 18.5 Å². The monoisotopic (exact) mass is 254 g/mol. The van der Waals surface area contributed by atoms with Crippen LogP contribution in [0.3, 0.4) is 0 Å². The Balaban J connectivity index is 2.01. The van der Waals surface area contributed by atoms with E-state index in [4.69, 9.17) is 0 Å². The van der Waals surface area contributed by atoms with Crippen LogP contribution in [0.4, 0.5) is 5.13 Å². The first-order chi connectivity index (χ1) is 8.22. The number of anilines is 1. The predicted octanol–water partition coefficient (Wildman–Crippen LogP) is 3.14. The molecule has 17 heavy (non-hydrogen) atoms. The quantitative estimate of drug-likeness (QED) is 0.820. The van der Waals surface area contributed by atoms with Crippen LogP contribution in [0.15, 0.2) is 0 Å². The summed E-state index contributed by atoms with van der Waals surface area (Å²) in [7, 11) is 2.10. The zero-order valence-corrected chi connectivity index (χ0v) is 11.6. The maximum Gasteiger partial charge on any atom is 0.185 e. The first-order valence-corrected chi connectivity index (χ1v) is 7.42. The summed E-state index contributed by atoms with van der Waals surface area (Å²) in [5.74, 6) is 0. The van der Waals surface area contributed by atoms with Crippen LogP contribution in [0.25, 0.3) is 0 Å². The molecule has 1 aromatic heterocycles. The predicted molar refractivity (Wildman–Crippen MR) is 72.8 cm³/mol. The van der Waals surface area contributed by atoms with Crippen molar-refractivity contribution in [3.05, 3.63) is 10.6 Å². The minimum atomic E-state index is -0.326. The molecule has 0 amide bonds. The molecule has 0 saturated heterocycles. The molecule has 1 aliphatic carbocycles.